The second-order valence-electron chi connectivity index (χ2n) is 7.62. The standard InChI is InChI=1S/C20H25N5O2/c1-2-24-12-20(10-8-17(24)26)9-5-11-25(13-20)19(27)16-7-4-3-6-15(16)18-21-14-22-23-18/h3-4,6-7,14H,2,5,8-13H2,1H3,(H,21,22,23)/t20-/m1/s1. The van der Waals surface area contributed by atoms with Crippen LogP contribution in [0, 0.1) is 5.41 Å². The molecule has 2 aromatic rings. The Kier molecular flexibility index (Phi) is 4.68. The summed E-state index contributed by atoms with van der Waals surface area (Å²) in [7, 11) is 0. The number of hydrogen-bond acceptors (Lipinski definition) is 4. The van der Waals surface area contributed by atoms with Crippen LogP contribution in [0.1, 0.15) is 43.0 Å². The fraction of sp³-hybridized carbons (Fsp3) is 0.500. The van der Waals surface area contributed by atoms with Crippen molar-refractivity contribution in [2.24, 2.45) is 5.41 Å². The lowest BCUT2D eigenvalue weighted by Gasteiger charge is -2.48. The number of carbonyl (C=O) groups is 2. The van der Waals surface area contributed by atoms with Gasteiger partial charge in [-0.1, -0.05) is 18.2 Å². The van der Waals surface area contributed by atoms with E-state index in [1.165, 1.54) is 6.33 Å². The van der Waals surface area contributed by atoms with E-state index in [2.05, 4.69) is 15.2 Å². The third kappa shape index (κ3) is 3.34. The first-order valence-corrected chi connectivity index (χ1v) is 9.64. The number of benzene rings is 1. The number of likely N-dealkylation sites (tertiary alicyclic amines) is 2. The van der Waals surface area contributed by atoms with E-state index < -0.39 is 0 Å². The van der Waals surface area contributed by atoms with Crippen LogP contribution in [0.15, 0.2) is 30.6 Å². The zero-order chi connectivity index (χ0) is 18.9. The van der Waals surface area contributed by atoms with E-state index in [1.807, 2.05) is 41.0 Å². The Balaban J connectivity index is 1.58. The molecule has 1 aromatic carbocycles. The Hall–Kier alpha value is -2.70. The largest absolute Gasteiger partial charge is 0.342 e. The van der Waals surface area contributed by atoms with Gasteiger partial charge in [-0.05, 0) is 32.3 Å². The van der Waals surface area contributed by atoms with Crippen LogP contribution in [0.25, 0.3) is 11.4 Å². The normalized spacial score (nSPS) is 23.1. The van der Waals surface area contributed by atoms with Crippen molar-refractivity contribution in [3.63, 3.8) is 0 Å². The maximum atomic E-state index is 13.3. The third-order valence-electron chi connectivity index (χ3n) is 5.91. The molecule has 3 heterocycles. The molecule has 1 spiro atoms. The van der Waals surface area contributed by atoms with Crippen molar-refractivity contribution < 1.29 is 9.59 Å². The van der Waals surface area contributed by atoms with Gasteiger partial charge >= 0.3 is 0 Å². The number of hydrogen-bond donors (Lipinski definition) is 1. The second kappa shape index (κ2) is 7.13. The summed E-state index contributed by atoms with van der Waals surface area (Å²) >= 11 is 0. The van der Waals surface area contributed by atoms with Gasteiger partial charge in [-0.15, -0.1) is 0 Å². The van der Waals surface area contributed by atoms with E-state index in [1.54, 1.807) is 0 Å². The molecule has 4 rings (SSSR count). The summed E-state index contributed by atoms with van der Waals surface area (Å²) in [5, 5.41) is 6.76. The minimum absolute atomic E-state index is 0.0268. The molecule has 27 heavy (non-hydrogen) atoms. The Morgan fingerprint density at radius 2 is 2.11 bits per heavy atom. The monoisotopic (exact) mass is 367 g/mol. The van der Waals surface area contributed by atoms with Gasteiger partial charge in [0.15, 0.2) is 5.82 Å². The number of nitrogens with one attached hydrogen (secondary N) is 1. The summed E-state index contributed by atoms with van der Waals surface area (Å²) in [4.78, 5) is 33.5. The highest BCUT2D eigenvalue weighted by Gasteiger charge is 2.42. The van der Waals surface area contributed by atoms with E-state index in [4.69, 9.17) is 0 Å². The number of H-pyrrole nitrogens is 1. The van der Waals surface area contributed by atoms with Crippen molar-refractivity contribution >= 4 is 11.8 Å². The van der Waals surface area contributed by atoms with Crippen LogP contribution in [0.2, 0.25) is 0 Å². The average molecular weight is 367 g/mol. The minimum Gasteiger partial charge on any atom is -0.342 e. The van der Waals surface area contributed by atoms with Gasteiger partial charge < -0.3 is 9.80 Å². The summed E-state index contributed by atoms with van der Waals surface area (Å²) in [6.07, 6.45) is 4.96. The molecule has 142 valence electrons. The van der Waals surface area contributed by atoms with Gasteiger partial charge in [-0.2, -0.15) is 5.10 Å². The fourth-order valence-electron chi connectivity index (χ4n) is 4.49. The maximum absolute atomic E-state index is 13.3. The number of aromatic amines is 1. The van der Waals surface area contributed by atoms with Crippen molar-refractivity contribution in [3.05, 3.63) is 36.2 Å². The van der Waals surface area contributed by atoms with Crippen LogP contribution in [0.3, 0.4) is 0 Å². The number of aromatic nitrogens is 3. The Labute approximate surface area is 158 Å². The summed E-state index contributed by atoms with van der Waals surface area (Å²) in [6.45, 7) is 4.99. The van der Waals surface area contributed by atoms with Crippen molar-refractivity contribution in [1.82, 2.24) is 25.0 Å². The summed E-state index contributed by atoms with van der Waals surface area (Å²) < 4.78 is 0. The first-order chi connectivity index (χ1) is 13.1. The topological polar surface area (TPSA) is 82.2 Å². The van der Waals surface area contributed by atoms with Crippen LogP contribution in [0.4, 0.5) is 0 Å². The van der Waals surface area contributed by atoms with Gasteiger partial charge in [-0.25, -0.2) is 4.98 Å². The number of rotatable bonds is 3. The molecule has 2 saturated heterocycles. The Morgan fingerprint density at radius 3 is 2.89 bits per heavy atom. The molecule has 2 aliphatic heterocycles. The summed E-state index contributed by atoms with van der Waals surface area (Å²) in [6, 6.07) is 7.53. The predicted octanol–water partition coefficient (Wildman–Crippen LogP) is 2.34. The van der Waals surface area contributed by atoms with Crippen LogP contribution in [-0.2, 0) is 4.79 Å². The maximum Gasteiger partial charge on any atom is 0.254 e. The molecule has 1 atom stereocenters. The van der Waals surface area contributed by atoms with Gasteiger partial charge in [0, 0.05) is 43.6 Å². The summed E-state index contributed by atoms with van der Waals surface area (Å²) in [5.74, 6) is 0.870. The Morgan fingerprint density at radius 1 is 1.26 bits per heavy atom. The lowest BCUT2D eigenvalue weighted by Crippen LogP contribution is -2.55. The first-order valence-electron chi connectivity index (χ1n) is 9.64. The molecular formula is C20H25N5O2. The highest BCUT2D eigenvalue weighted by molar-refractivity contribution is 6.00. The zero-order valence-electron chi connectivity index (χ0n) is 15.6. The smallest absolute Gasteiger partial charge is 0.254 e. The lowest BCUT2D eigenvalue weighted by molar-refractivity contribution is -0.138. The molecule has 0 unspecified atom stereocenters. The Bertz CT molecular complexity index is 835. The number of amides is 2. The SMILES string of the molecule is CCN1C[C@@]2(CCCN(C(=O)c3ccccc3-c3ncn[nH]3)C2)CCC1=O. The van der Waals surface area contributed by atoms with Crippen LogP contribution in [-0.4, -0.2) is 63.0 Å². The van der Waals surface area contributed by atoms with E-state index in [0.717, 1.165) is 44.5 Å². The van der Waals surface area contributed by atoms with Crippen molar-refractivity contribution in [2.75, 3.05) is 26.2 Å². The minimum atomic E-state index is 0.0268. The van der Waals surface area contributed by atoms with Gasteiger partial charge in [0.1, 0.15) is 6.33 Å². The molecule has 1 N–H and O–H groups in total. The molecule has 2 fully saturated rings. The average Bonchev–Trinajstić information content (AvgIpc) is 3.24. The first kappa shape index (κ1) is 17.7. The zero-order valence-corrected chi connectivity index (χ0v) is 15.6. The van der Waals surface area contributed by atoms with E-state index in [-0.39, 0.29) is 17.2 Å². The highest BCUT2D eigenvalue weighted by Crippen LogP contribution is 2.39. The molecular weight excluding hydrogens is 342 g/mol. The predicted molar refractivity (Wildman–Crippen MR) is 101 cm³/mol. The van der Waals surface area contributed by atoms with E-state index in [0.29, 0.717) is 24.4 Å². The third-order valence-corrected chi connectivity index (χ3v) is 5.91. The number of nitrogens with zero attached hydrogens (tertiary/aromatic N) is 4. The lowest BCUT2D eigenvalue weighted by atomic mass is 9.73. The van der Waals surface area contributed by atoms with Crippen LogP contribution >= 0.6 is 0 Å². The molecule has 2 amide bonds. The molecule has 7 heteroatoms. The van der Waals surface area contributed by atoms with Gasteiger partial charge in [-0.3, -0.25) is 14.7 Å². The second-order valence-corrected chi connectivity index (χ2v) is 7.62. The van der Waals surface area contributed by atoms with E-state index >= 15 is 0 Å². The molecule has 0 radical (unpaired) electrons. The number of piperidine rings is 2. The fourth-order valence-corrected chi connectivity index (χ4v) is 4.49. The summed E-state index contributed by atoms with van der Waals surface area (Å²) in [5.41, 5.74) is 1.44. The molecule has 2 aliphatic rings. The molecule has 1 aromatic heterocycles. The van der Waals surface area contributed by atoms with Crippen molar-refractivity contribution in [3.8, 4) is 11.4 Å². The van der Waals surface area contributed by atoms with Gasteiger partial charge in [0.25, 0.3) is 5.91 Å². The van der Waals surface area contributed by atoms with Gasteiger partial charge in [0.05, 0.1) is 5.56 Å². The highest BCUT2D eigenvalue weighted by atomic mass is 16.2. The van der Waals surface area contributed by atoms with Crippen LogP contribution in [0.5, 0.6) is 0 Å². The van der Waals surface area contributed by atoms with Crippen molar-refractivity contribution in [2.45, 2.75) is 32.6 Å². The molecule has 0 bridgehead atoms. The van der Waals surface area contributed by atoms with Crippen LogP contribution < -0.4 is 0 Å². The molecule has 0 aliphatic carbocycles. The quantitative estimate of drug-likeness (QED) is 0.903. The van der Waals surface area contributed by atoms with Crippen molar-refractivity contribution in [1.29, 1.82) is 0 Å². The van der Waals surface area contributed by atoms with Gasteiger partial charge in [0.2, 0.25) is 5.91 Å². The molecule has 0 saturated carbocycles. The molecule has 7 nitrogen and oxygen atoms in total. The van der Waals surface area contributed by atoms with E-state index in [9.17, 15) is 9.59 Å². The number of carbonyl (C=O) groups excluding carboxylic acids is 2.